The second kappa shape index (κ2) is 9.08. The molecule has 0 aliphatic carbocycles. The molecule has 8 heteroatoms. The fourth-order valence-corrected chi connectivity index (χ4v) is 4.20. The topological polar surface area (TPSA) is 39.9 Å². The molecular formula is C19H18BrClFN3OS. The van der Waals surface area contributed by atoms with E-state index in [1.54, 1.807) is 12.1 Å². The molecule has 0 aliphatic heterocycles. The van der Waals surface area contributed by atoms with Gasteiger partial charge in [-0.25, -0.2) is 4.39 Å². The van der Waals surface area contributed by atoms with Crippen molar-refractivity contribution in [2.75, 3.05) is 0 Å². The Morgan fingerprint density at radius 3 is 2.63 bits per heavy atom. The van der Waals surface area contributed by atoms with E-state index in [2.05, 4.69) is 26.1 Å². The Labute approximate surface area is 175 Å². The van der Waals surface area contributed by atoms with Gasteiger partial charge in [-0.05, 0) is 50.2 Å². The van der Waals surface area contributed by atoms with Crippen LogP contribution < -0.4 is 4.74 Å². The third-order valence-electron chi connectivity index (χ3n) is 3.96. The van der Waals surface area contributed by atoms with E-state index in [1.807, 2.05) is 42.7 Å². The normalized spacial score (nSPS) is 12.2. The number of ether oxygens (including phenoxy) is 1. The second-order valence-corrected chi connectivity index (χ2v) is 8.05. The fraction of sp³-hybridized carbons (Fsp3) is 0.263. The summed E-state index contributed by atoms with van der Waals surface area (Å²) in [5.41, 5.74) is 0.468. The van der Waals surface area contributed by atoms with E-state index in [-0.39, 0.29) is 11.9 Å². The number of hydrogen-bond donors (Lipinski definition) is 0. The van der Waals surface area contributed by atoms with Gasteiger partial charge in [0.15, 0.2) is 17.1 Å². The zero-order valence-electron chi connectivity index (χ0n) is 14.8. The number of aromatic nitrogens is 3. The van der Waals surface area contributed by atoms with Crippen LogP contribution in [0.15, 0.2) is 52.1 Å². The van der Waals surface area contributed by atoms with Gasteiger partial charge < -0.3 is 9.30 Å². The molecule has 1 heterocycles. The Balaban J connectivity index is 1.75. The van der Waals surface area contributed by atoms with Gasteiger partial charge in [-0.1, -0.05) is 45.4 Å². The maximum atomic E-state index is 14.0. The summed E-state index contributed by atoms with van der Waals surface area (Å²) in [5, 5.41) is 9.67. The summed E-state index contributed by atoms with van der Waals surface area (Å²) in [5.74, 6) is 1.54. The smallest absolute Gasteiger partial charge is 0.191 e. The van der Waals surface area contributed by atoms with E-state index >= 15 is 0 Å². The summed E-state index contributed by atoms with van der Waals surface area (Å²) >= 11 is 10.9. The first kappa shape index (κ1) is 20.2. The molecule has 0 aliphatic rings. The maximum absolute atomic E-state index is 14.0. The fourth-order valence-electron chi connectivity index (χ4n) is 2.58. The summed E-state index contributed by atoms with van der Waals surface area (Å²) in [7, 11) is 0. The Morgan fingerprint density at radius 2 is 1.96 bits per heavy atom. The van der Waals surface area contributed by atoms with Gasteiger partial charge in [-0.2, -0.15) is 0 Å². The monoisotopic (exact) mass is 469 g/mol. The van der Waals surface area contributed by atoms with E-state index in [1.165, 1.54) is 17.8 Å². The standard InChI is InChI=1S/C19H18BrClFN3OS/c1-3-25-18(12(2)26-14-9-7-13(20)8-10-14)23-24-19(25)27-11-15-16(21)5-4-6-17(15)22/h4-10,12H,3,11H2,1-2H3. The van der Waals surface area contributed by atoms with E-state index in [0.717, 1.165) is 16.0 Å². The third kappa shape index (κ3) is 4.83. The first-order chi connectivity index (χ1) is 13.0. The Bertz CT molecular complexity index is 900. The molecular weight excluding hydrogens is 453 g/mol. The van der Waals surface area contributed by atoms with Crippen LogP contribution in [0.3, 0.4) is 0 Å². The summed E-state index contributed by atoms with van der Waals surface area (Å²) in [6.07, 6.45) is -0.273. The molecule has 0 N–H and O–H groups in total. The second-order valence-electron chi connectivity index (χ2n) is 5.79. The molecule has 0 radical (unpaired) electrons. The van der Waals surface area contributed by atoms with Crippen molar-refractivity contribution in [1.82, 2.24) is 14.8 Å². The largest absolute Gasteiger partial charge is 0.483 e. The van der Waals surface area contributed by atoms with Crippen LogP contribution in [0.5, 0.6) is 5.75 Å². The van der Waals surface area contributed by atoms with Crippen molar-refractivity contribution in [3.8, 4) is 5.75 Å². The average Bonchev–Trinajstić information content (AvgIpc) is 3.06. The van der Waals surface area contributed by atoms with Gasteiger partial charge in [-0.3, -0.25) is 0 Å². The van der Waals surface area contributed by atoms with Crippen molar-refractivity contribution >= 4 is 39.3 Å². The number of rotatable bonds is 7. The molecule has 0 amide bonds. The van der Waals surface area contributed by atoms with Crippen molar-refractivity contribution in [1.29, 1.82) is 0 Å². The average molecular weight is 471 g/mol. The Kier molecular flexibility index (Phi) is 6.78. The lowest BCUT2D eigenvalue weighted by Gasteiger charge is -2.15. The van der Waals surface area contributed by atoms with Gasteiger partial charge in [-0.15, -0.1) is 10.2 Å². The molecule has 0 fully saturated rings. The lowest BCUT2D eigenvalue weighted by molar-refractivity contribution is 0.210. The number of halogens is 3. The molecule has 0 saturated carbocycles. The SMILES string of the molecule is CCn1c(SCc2c(F)cccc2Cl)nnc1C(C)Oc1ccc(Br)cc1. The van der Waals surface area contributed by atoms with Gasteiger partial charge >= 0.3 is 0 Å². The van der Waals surface area contributed by atoms with Crippen LogP contribution in [-0.4, -0.2) is 14.8 Å². The predicted octanol–water partition coefficient (Wildman–Crippen LogP) is 6.29. The molecule has 1 aromatic heterocycles. The van der Waals surface area contributed by atoms with Gasteiger partial charge in [0, 0.05) is 27.4 Å². The molecule has 1 atom stereocenters. The van der Waals surface area contributed by atoms with Crippen molar-refractivity contribution < 1.29 is 9.13 Å². The zero-order chi connectivity index (χ0) is 19.4. The first-order valence-corrected chi connectivity index (χ1v) is 10.6. The number of thioether (sulfide) groups is 1. The Hall–Kier alpha value is -1.57. The van der Waals surface area contributed by atoms with Gasteiger partial charge in [0.05, 0.1) is 0 Å². The zero-order valence-corrected chi connectivity index (χ0v) is 18.0. The summed E-state index contributed by atoms with van der Waals surface area (Å²) in [6, 6.07) is 12.3. The van der Waals surface area contributed by atoms with Crippen LogP contribution in [0.1, 0.15) is 31.3 Å². The lowest BCUT2D eigenvalue weighted by Crippen LogP contribution is -2.12. The molecule has 0 bridgehead atoms. The molecule has 1 unspecified atom stereocenters. The quantitative estimate of drug-likeness (QED) is 0.381. The van der Waals surface area contributed by atoms with Gasteiger partial charge in [0.25, 0.3) is 0 Å². The van der Waals surface area contributed by atoms with E-state index < -0.39 is 0 Å². The maximum Gasteiger partial charge on any atom is 0.191 e. The lowest BCUT2D eigenvalue weighted by atomic mass is 10.2. The van der Waals surface area contributed by atoms with E-state index in [0.29, 0.717) is 28.0 Å². The van der Waals surface area contributed by atoms with Crippen molar-refractivity contribution in [2.24, 2.45) is 0 Å². The van der Waals surface area contributed by atoms with Crippen LogP contribution in [-0.2, 0) is 12.3 Å². The highest BCUT2D eigenvalue weighted by atomic mass is 79.9. The van der Waals surface area contributed by atoms with Gasteiger partial charge in [0.2, 0.25) is 0 Å². The third-order valence-corrected chi connectivity index (χ3v) is 5.84. The minimum atomic E-state index is -0.315. The van der Waals surface area contributed by atoms with Crippen molar-refractivity contribution in [3.05, 3.63) is 69.2 Å². The van der Waals surface area contributed by atoms with Crippen LogP contribution in [0, 0.1) is 5.82 Å². The molecule has 4 nitrogen and oxygen atoms in total. The Morgan fingerprint density at radius 1 is 1.22 bits per heavy atom. The molecule has 0 saturated heterocycles. The van der Waals surface area contributed by atoms with Crippen LogP contribution >= 0.6 is 39.3 Å². The molecule has 27 heavy (non-hydrogen) atoms. The highest BCUT2D eigenvalue weighted by Gasteiger charge is 2.19. The number of benzene rings is 2. The van der Waals surface area contributed by atoms with Crippen LogP contribution in [0.4, 0.5) is 4.39 Å². The van der Waals surface area contributed by atoms with Crippen LogP contribution in [0.25, 0.3) is 0 Å². The van der Waals surface area contributed by atoms with Crippen LogP contribution in [0.2, 0.25) is 5.02 Å². The first-order valence-electron chi connectivity index (χ1n) is 8.40. The highest BCUT2D eigenvalue weighted by molar-refractivity contribution is 9.10. The summed E-state index contributed by atoms with van der Waals surface area (Å²) in [6.45, 7) is 4.63. The number of hydrogen-bond acceptors (Lipinski definition) is 4. The predicted molar refractivity (Wildman–Crippen MR) is 110 cm³/mol. The molecule has 3 rings (SSSR count). The van der Waals surface area contributed by atoms with E-state index in [4.69, 9.17) is 16.3 Å². The van der Waals surface area contributed by atoms with Crippen molar-refractivity contribution in [2.45, 2.75) is 37.4 Å². The minimum absolute atomic E-state index is 0.273. The van der Waals surface area contributed by atoms with Crippen molar-refractivity contribution in [3.63, 3.8) is 0 Å². The highest BCUT2D eigenvalue weighted by Crippen LogP contribution is 2.30. The molecule has 0 spiro atoms. The number of nitrogens with zero attached hydrogens (tertiary/aromatic N) is 3. The van der Waals surface area contributed by atoms with E-state index in [9.17, 15) is 4.39 Å². The summed E-state index contributed by atoms with van der Waals surface area (Å²) in [4.78, 5) is 0. The molecule has 2 aromatic carbocycles. The van der Waals surface area contributed by atoms with Gasteiger partial charge in [0.1, 0.15) is 11.6 Å². The molecule has 3 aromatic rings. The minimum Gasteiger partial charge on any atom is -0.483 e. The summed E-state index contributed by atoms with van der Waals surface area (Å²) < 4.78 is 22.9. The molecule has 142 valence electrons.